The van der Waals surface area contributed by atoms with E-state index < -0.39 is 0 Å². The molecule has 0 aliphatic heterocycles. The molecule has 0 saturated heterocycles. The summed E-state index contributed by atoms with van der Waals surface area (Å²) in [4.78, 5) is 4.40. The number of allylic oxidation sites excluding steroid dienone is 1. The number of aliphatic imine (C=N–C) groups is 1. The van der Waals surface area contributed by atoms with Crippen LogP contribution in [0.3, 0.4) is 0 Å². The molecule has 19 heavy (non-hydrogen) atoms. The van der Waals surface area contributed by atoms with Crippen molar-refractivity contribution >= 4 is 37.7 Å². The zero-order valence-corrected chi connectivity index (χ0v) is 15.0. The Bertz CT molecular complexity index is 500. The fraction of sp³-hybridized carbons (Fsp3) is 0.333. The van der Waals surface area contributed by atoms with E-state index in [0.29, 0.717) is 0 Å². The molecule has 1 atom stereocenters. The first-order valence-electron chi connectivity index (χ1n) is 6.30. The van der Waals surface area contributed by atoms with Gasteiger partial charge in [-0.1, -0.05) is 0 Å². The van der Waals surface area contributed by atoms with Crippen molar-refractivity contribution in [2.45, 2.75) is 23.7 Å². The maximum atomic E-state index is 8.87. The van der Waals surface area contributed by atoms with Gasteiger partial charge in [0.15, 0.2) is 0 Å². The van der Waals surface area contributed by atoms with Gasteiger partial charge in [-0.2, -0.15) is 0 Å². The fourth-order valence-electron chi connectivity index (χ4n) is 1.61. The molecule has 0 aromatic heterocycles. The summed E-state index contributed by atoms with van der Waals surface area (Å²) in [7, 11) is 0. The SMILES string of the molecule is CC(C#N)/C(C=Nc1cccc(CC[CH2][Pb])c1)=C/N. The molecule has 0 bridgehead atoms. The van der Waals surface area contributed by atoms with Gasteiger partial charge in [0.1, 0.15) is 0 Å². The minimum atomic E-state index is -0.234. The van der Waals surface area contributed by atoms with E-state index >= 15 is 0 Å². The van der Waals surface area contributed by atoms with E-state index in [-0.39, 0.29) is 5.92 Å². The van der Waals surface area contributed by atoms with Crippen molar-refractivity contribution in [2.24, 2.45) is 16.6 Å². The molecule has 0 saturated carbocycles. The minimum absolute atomic E-state index is 0.234. The summed E-state index contributed by atoms with van der Waals surface area (Å²) in [5, 5.41) is 8.87. The van der Waals surface area contributed by atoms with Crippen molar-refractivity contribution in [3.63, 3.8) is 0 Å². The van der Waals surface area contributed by atoms with E-state index in [4.69, 9.17) is 11.0 Å². The van der Waals surface area contributed by atoms with Crippen LogP contribution < -0.4 is 5.73 Å². The normalized spacial score (nSPS) is 13.4. The van der Waals surface area contributed by atoms with Crippen molar-refractivity contribution < 1.29 is 0 Å². The molecule has 0 amide bonds. The van der Waals surface area contributed by atoms with Crippen LogP contribution >= 0.6 is 0 Å². The molecule has 0 spiro atoms. The second kappa shape index (κ2) is 8.86. The third-order valence-electron chi connectivity index (χ3n) is 2.80. The van der Waals surface area contributed by atoms with Gasteiger partial charge in [0.25, 0.3) is 0 Å². The molecular formula is C15H18N3Pb. The third-order valence-corrected chi connectivity index (χ3v) is 4.18. The van der Waals surface area contributed by atoms with Crippen molar-refractivity contribution in [1.82, 2.24) is 0 Å². The van der Waals surface area contributed by atoms with Crippen LogP contribution in [0.4, 0.5) is 5.69 Å². The third kappa shape index (κ3) is 5.56. The molecule has 1 aromatic rings. The van der Waals surface area contributed by atoms with Crippen LogP contribution in [0.25, 0.3) is 0 Å². The zero-order chi connectivity index (χ0) is 14.1. The average molecular weight is 448 g/mol. The number of rotatable bonds is 6. The molecule has 0 fully saturated rings. The molecule has 3 radical (unpaired) electrons. The second-order valence-electron chi connectivity index (χ2n) is 4.30. The summed E-state index contributed by atoms with van der Waals surface area (Å²) >= 11 is 1.26. The number of hydrogen-bond acceptors (Lipinski definition) is 3. The first kappa shape index (κ1) is 15.9. The van der Waals surface area contributed by atoms with Crippen LogP contribution in [0.2, 0.25) is 3.98 Å². The molecule has 0 heterocycles. The van der Waals surface area contributed by atoms with Crippen LogP contribution in [0, 0.1) is 17.2 Å². The summed E-state index contributed by atoms with van der Waals surface area (Å²) in [5.74, 6) is -0.234. The number of benzene rings is 1. The van der Waals surface area contributed by atoms with E-state index in [1.165, 1.54) is 47.9 Å². The van der Waals surface area contributed by atoms with Crippen molar-refractivity contribution in [3.8, 4) is 6.07 Å². The van der Waals surface area contributed by atoms with Crippen LogP contribution in [0.15, 0.2) is 41.0 Å². The monoisotopic (exact) mass is 448 g/mol. The van der Waals surface area contributed by atoms with Gasteiger partial charge in [0.2, 0.25) is 0 Å². The summed E-state index contributed by atoms with van der Waals surface area (Å²) in [5.41, 5.74) is 8.48. The zero-order valence-electron chi connectivity index (χ0n) is 11.1. The van der Waals surface area contributed by atoms with E-state index in [9.17, 15) is 0 Å². The summed E-state index contributed by atoms with van der Waals surface area (Å²) in [6, 6.07) is 10.4. The van der Waals surface area contributed by atoms with Crippen molar-refractivity contribution in [1.29, 1.82) is 5.26 Å². The van der Waals surface area contributed by atoms with E-state index in [0.717, 1.165) is 17.7 Å². The molecule has 2 N–H and O–H groups in total. The van der Waals surface area contributed by atoms with E-state index in [1.807, 2.05) is 19.1 Å². The molecule has 3 nitrogen and oxygen atoms in total. The van der Waals surface area contributed by atoms with Gasteiger partial charge in [-0.25, -0.2) is 0 Å². The van der Waals surface area contributed by atoms with Crippen molar-refractivity contribution in [2.75, 3.05) is 0 Å². The Morgan fingerprint density at radius 1 is 1.58 bits per heavy atom. The van der Waals surface area contributed by atoms with Crippen LogP contribution in [-0.4, -0.2) is 32.0 Å². The fourth-order valence-corrected chi connectivity index (χ4v) is 2.29. The number of nitriles is 1. The summed E-state index contributed by atoms with van der Waals surface area (Å²) in [6.45, 7) is 1.81. The summed E-state index contributed by atoms with van der Waals surface area (Å²) in [6.07, 6.45) is 5.49. The molecule has 4 heteroatoms. The predicted octanol–water partition coefficient (Wildman–Crippen LogP) is 2.91. The van der Waals surface area contributed by atoms with E-state index in [1.54, 1.807) is 6.21 Å². The topological polar surface area (TPSA) is 62.2 Å². The maximum absolute atomic E-state index is 8.87. The molecule has 0 aliphatic rings. The van der Waals surface area contributed by atoms with E-state index in [2.05, 4.69) is 23.2 Å². The molecule has 0 aliphatic carbocycles. The van der Waals surface area contributed by atoms with Gasteiger partial charge in [-0.3, -0.25) is 0 Å². The first-order valence-corrected chi connectivity index (χ1v) is 9.05. The Balaban J connectivity index is 2.79. The van der Waals surface area contributed by atoms with Crippen LogP contribution in [0.5, 0.6) is 0 Å². The summed E-state index contributed by atoms with van der Waals surface area (Å²) < 4.78 is 1.33. The average Bonchev–Trinajstić information content (AvgIpc) is 2.45. The Morgan fingerprint density at radius 3 is 3.00 bits per heavy atom. The number of nitrogens with two attached hydrogens (primary N) is 1. The van der Waals surface area contributed by atoms with Crippen LogP contribution in [-0.2, 0) is 6.42 Å². The Labute approximate surface area is 130 Å². The van der Waals surface area contributed by atoms with Gasteiger partial charge in [0, 0.05) is 0 Å². The predicted molar refractivity (Wildman–Crippen MR) is 80.5 cm³/mol. The molecular weight excluding hydrogens is 429 g/mol. The number of nitrogens with zero attached hydrogens (tertiary/aromatic N) is 2. The molecule has 1 rings (SSSR count). The quantitative estimate of drug-likeness (QED) is 0.539. The molecule has 1 unspecified atom stereocenters. The Hall–Kier alpha value is -1.16. The van der Waals surface area contributed by atoms with Gasteiger partial charge in [0.05, 0.1) is 0 Å². The molecule has 1 aromatic carbocycles. The Kier molecular flexibility index (Phi) is 7.41. The standard InChI is InChI=1S/C15H18N3.Pb/c1-3-5-13-6-4-7-15(8-13)18-11-14(10-17)12(2)9-16;/h4,6-8,10-12H,1,3,5,17H2,2H3;/b14-10+,18-11?;. The number of aryl methyl sites for hydroxylation is 1. The van der Waals surface area contributed by atoms with Crippen molar-refractivity contribution in [3.05, 3.63) is 41.6 Å². The Morgan fingerprint density at radius 2 is 2.37 bits per heavy atom. The number of hydrogen-bond donors (Lipinski definition) is 1. The van der Waals surface area contributed by atoms with Crippen LogP contribution in [0.1, 0.15) is 18.9 Å². The van der Waals surface area contributed by atoms with Gasteiger partial charge in [-0.05, 0) is 0 Å². The first-order chi connectivity index (χ1) is 9.21. The van der Waals surface area contributed by atoms with Gasteiger partial charge < -0.3 is 0 Å². The second-order valence-corrected chi connectivity index (χ2v) is 6.24. The molecule has 97 valence electrons. The van der Waals surface area contributed by atoms with Gasteiger partial charge in [-0.15, -0.1) is 0 Å². The van der Waals surface area contributed by atoms with Gasteiger partial charge >= 0.3 is 131 Å².